The fraction of sp³-hybridized carbons (Fsp3) is 0.188. The summed E-state index contributed by atoms with van der Waals surface area (Å²) in [6.45, 7) is 4.01. The van der Waals surface area contributed by atoms with E-state index in [-0.39, 0.29) is 0 Å². The van der Waals surface area contributed by atoms with Crippen LogP contribution in [0.3, 0.4) is 0 Å². The van der Waals surface area contributed by atoms with Crippen molar-refractivity contribution in [3.63, 3.8) is 0 Å². The van der Waals surface area contributed by atoms with E-state index in [1.807, 2.05) is 6.92 Å². The molecule has 3 aromatic rings. The average Bonchev–Trinajstić information content (AvgIpc) is 3.10. The number of aryl methyl sites for hydroxylation is 1. The fourth-order valence-corrected chi connectivity index (χ4v) is 2.84. The van der Waals surface area contributed by atoms with Crippen molar-refractivity contribution in [3.05, 3.63) is 58.8 Å². The van der Waals surface area contributed by atoms with Crippen LogP contribution in [0, 0.1) is 6.92 Å². The number of rotatable bonds is 4. The van der Waals surface area contributed by atoms with Gasteiger partial charge in [-0.25, -0.2) is 4.98 Å². The van der Waals surface area contributed by atoms with E-state index in [0.29, 0.717) is 11.9 Å². The first-order chi connectivity index (χ1) is 9.72. The van der Waals surface area contributed by atoms with Gasteiger partial charge in [0, 0.05) is 24.2 Å². The Balaban J connectivity index is 1.73. The number of hydrogen-bond donors (Lipinski definition) is 1. The van der Waals surface area contributed by atoms with Gasteiger partial charge in [-0.1, -0.05) is 12.1 Å². The summed E-state index contributed by atoms with van der Waals surface area (Å²) in [5, 5.41) is 7.76. The van der Waals surface area contributed by atoms with E-state index in [4.69, 9.17) is 4.42 Å². The Morgan fingerprint density at radius 1 is 1.20 bits per heavy atom. The van der Waals surface area contributed by atoms with E-state index in [1.165, 1.54) is 5.56 Å². The molecule has 4 heteroatoms. The van der Waals surface area contributed by atoms with E-state index in [9.17, 15) is 0 Å². The van der Waals surface area contributed by atoms with Crippen LogP contribution >= 0.6 is 11.3 Å². The highest BCUT2D eigenvalue weighted by atomic mass is 32.1. The van der Waals surface area contributed by atoms with Crippen LogP contribution in [0.5, 0.6) is 0 Å². The molecule has 1 atom stereocenters. The molecule has 0 bridgehead atoms. The van der Waals surface area contributed by atoms with Gasteiger partial charge in [0.05, 0.1) is 0 Å². The smallest absolute Gasteiger partial charge is 0.191 e. The molecule has 0 saturated carbocycles. The Morgan fingerprint density at radius 3 is 2.60 bits per heavy atom. The van der Waals surface area contributed by atoms with Crippen molar-refractivity contribution < 1.29 is 4.42 Å². The Kier molecular flexibility index (Phi) is 3.56. The highest BCUT2D eigenvalue weighted by Crippen LogP contribution is 2.24. The average molecular weight is 284 g/mol. The van der Waals surface area contributed by atoms with Gasteiger partial charge in [0.25, 0.3) is 0 Å². The largest absolute Gasteiger partial charge is 0.449 e. The number of benzene rings is 1. The molecule has 0 radical (unpaired) electrons. The Morgan fingerprint density at radius 2 is 2.00 bits per heavy atom. The van der Waals surface area contributed by atoms with Gasteiger partial charge in [-0.15, -0.1) is 0 Å². The van der Waals surface area contributed by atoms with Crippen LogP contribution in [0.25, 0.3) is 11.3 Å². The van der Waals surface area contributed by atoms with Gasteiger partial charge in [-0.3, -0.25) is 0 Å². The van der Waals surface area contributed by atoms with E-state index < -0.39 is 0 Å². The van der Waals surface area contributed by atoms with Gasteiger partial charge >= 0.3 is 0 Å². The second-order valence-corrected chi connectivity index (χ2v) is 5.53. The lowest BCUT2D eigenvalue weighted by Crippen LogP contribution is -2.05. The molecule has 3 rings (SSSR count). The van der Waals surface area contributed by atoms with Crippen LogP contribution in [0.15, 0.2) is 51.8 Å². The quantitative estimate of drug-likeness (QED) is 0.741. The first-order valence-electron chi connectivity index (χ1n) is 6.53. The minimum absolute atomic E-state index is 0.307. The molecule has 0 aliphatic rings. The minimum Gasteiger partial charge on any atom is -0.449 e. The Hall–Kier alpha value is -2.07. The third-order valence-electron chi connectivity index (χ3n) is 3.23. The van der Waals surface area contributed by atoms with Crippen LogP contribution in [-0.2, 0) is 0 Å². The summed E-state index contributed by atoms with van der Waals surface area (Å²) in [5.74, 6) is 0.688. The van der Waals surface area contributed by atoms with Crippen molar-refractivity contribution in [2.45, 2.75) is 19.9 Å². The van der Waals surface area contributed by atoms with Gasteiger partial charge in [-0.05, 0) is 41.4 Å². The van der Waals surface area contributed by atoms with Crippen LogP contribution in [0.2, 0.25) is 0 Å². The summed E-state index contributed by atoms with van der Waals surface area (Å²) in [7, 11) is 0. The van der Waals surface area contributed by atoms with Gasteiger partial charge in [0.2, 0.25) is 0 Å². The standard InChI is InChI=1S/C16H16N2OS/c1-11(14-7-8-20-10-14)17-15-5-3-13(4-6-15)16-9-19-12(2)18-16/h3-11,17H,1-2H3. The van der Waals surface area contributed by atoms with Crippen LogP contribution in [0.4, 0.5) is 5.69 Å². The zero-order chi connectivity index (χ0) is 13.9. The zero-order valence-corrected chi connectivity index (χ0v) is 12.3. The molecule has 0 saturated heterocycles. The second kappa shape index (κ2) is 5.51. The number of oxazole rings is 1. The van der Waals surface area contributed by atoms with Crippen LogP contribution in [0.1, 0.15) is 24.4 Å². The normalized spacial score (nSPS) is 12.3. The molecular weight excluding hydrogens is 268 g/mol. The molecular formula is C16H16N2OS. The highest BCUT2D eigenvalue weighted by Gasteiger charge is 2.07. The predicted molar refractivity (Wildman–Crippen MR) is 83.0 cm³/mol. The maximum absolute atomic E-state index is 5.24. The molecule has 0 amide bonds. The van der Waals surface area contributed by atoms with E-state index >= 15 is 0 Å². The summed E-state index contributed by atoms with van der Waals surface area (Å²) in [5.41, 5.74) is 4.36. The fourth-order valence-electron chi connectivity index (χ4n) is 2.09. The van der Waals surface area contributed by atoms with Gasteiger partial charge < -0.3 is 9.73 Å². The van der Waals surface area contributed by atoms with Crippen LogP contribution in [-0.4, -0.2) is 4.98 Å². The van der Waals surface area contributed by atoms with E-state index in [1.54, 1.807) is 17.6 Å². The molecule has 3 nitrogen and oxygen atoms in total. The molecule has 0 aliphatic heterocycles. The maximum Gasteiger partial charge on any atom is 0.191 e. The molecule has 1 aromatic carbocycles. The SMILES string of the molecule is Cc1nc(-c2ccc(NC(C)c3ccsc3)cc2)co1. The number of thiophene rings is 1. The van der Waals surface area contributed by atoms with Gasteiger partial charge in [0.1, 0.15) is 12.0 Å². The summed E-state index contributed by atoms with van der Waals surface area (Å²) in [6, 6.07) is 10.7. The number of anilines is 1. The zero-order valence-electron chi connectivity index (χ0n) is 11.5. The predicted octanol–water partition coefficient (Wildman–Crippen LogP) is 4.88. The molecule has 2 heterocycles. The molecule has 1 N–H and O–H groups in total. The second-order valence-electron chi connectivity index (χ2n) is 4.75. The number of nitrogens with zero attached hydrogens (tertiary/aromatic N) is 1. The number of nitrogens with one attached hydrogen (secondary N) is 1. The van der Waals surface area contributed by atoms with Crippen molar-refractivity contribution in [1.29, 1.82) is 0 Å². The lowest BCUT2D eigenvalue weighted by atomic mass is 10.1. The third-order valence-corrected chi connectivity index (χ3v) is 3.93. The molecule has 0 fully saturated rings. The summed E-state index contributed by atoms with van der Waals surface area (Å²) < 4.78 is 5.24. The summed E-state index contributed by atoms with van der Waals surface area (Å²) in [6.07, 6.45) is 1.69. The van der Waals surface area contributed by atoms with Gasteiger partial charge in [0.15, 0.2) is 5.89 Å². The van der Waals surface area contributed by atoms with Crippen molar-refractivity contribution in [2.24, 2.45) is 0 Å². The Bertz CT molecular complexity index is 671. The maximum atomic E-state index is 5.24. The first-order valence-corrected chi connectivity index (χ1v) is 7.48. The highest BCUT2D eigenvalue weighted by molar-refractivity contribution is 7.07. The summed E-state index contributed by atoms with van der Waals surface area (Å²) in [4.78, 5) is 4.33. The van der Waals surface area contributed by atoms with Crippen molar-refractivity contribution in [1.82, 2.24) is 4.98 Å². The lowest BCUT2D eigenvalue weighted by Gasteiger charge is -2.14. The first kappa shape index (κ1) is 12.9. The monoisotopic (exact) mass is 284 g/mol. The third kappa shape index (κ3) is 2.75. The lowest BCUT2D eigenvalue weighted by molar-refractivity contribution is 0.521. The minimum atomic E-state index is 0.307. The molecule has 2 aromatic heterocycles. The number of aromatic nitrogens is 1. The summed E-state index contributed by atoms with van der Waals surface area (Å²) >= 11 is 1.72. The number of hydrogen-bond acceptors (Lipinski definition) is 4. The Labute approximate surface area is 122 Å². The molecule has 0 spiro atoms. The molecule has 0 aliphatic carbocycles. The van der Waals surface area contributed by atoms with E-state index in [0.717, 1.165) is 16.9 Å². The van der Waals surface area contributed by atoms with Crippen molar-refractivity contribution in [3.8, 4) is 11.3 Å². The van der Waals surface area contributed by atoms with Crippen molar-refractivity contribution in [2.75, 3.05) is 5.32 Å². The van der Waals surface area contributed by atoms with Crippen LogP contribution < -0.4 is 5.32 Å². The molecule has 1 unspecified atom stereocenters. The van der Waals surface area contributed by atoms with Gasteiger partial charge in [-0.2, -0.15) is 11.3 Å². The van der Waals surface area contributed by atoms with E-state index in [2.05, 4.69) is 58.3 Å². The molecule has 102 valence electrons. The topological polar surface area (TPSA) is 38.1 Å². The van der Waals surface area contributed by atoms with Crippen molar-refractivity contribution >= 4 is 17.0 Å². The molecule has 20 heavy (non-hydrogen) atoms.